The summed E-state index contributed by atoms with van der Waals surface area (Å²) in [6.07, 6.45) is -1.82. The van der Waals surface area contributed by atoms with Gasteiger partial charge in [-0.05, 0) is 56.5 Å². The summed E-state index contributed by atoms with van der Waals surface area (Å²) in [7, 11) is 1.96. The van der Waals surface area contributed by atoms with Gasteiger partial charge in [0.2, 0.25) is 5.95 Å². The van der Waals surface area contributed by atoms with Crippen molar-refractivity contribution in [3.8, 4) is 0 Å². The quantitative estimate of drug-likeness (QED) is 0.673. The molecule has 1 N–H and O–H groups in total. The lowest BCUT2D eigenvalue weighted by Crippen LogP contribution is -2.54. The second kappa shape index (κ2) is 8.27. The summed E-state index contributed by atoms with van der Waals surface area (Å²) in [6.45, 7) is 3.85. The zero-order chi connectivity index (χ0) is 22.3. The van der Waals surface area contributed by atoms with E-state index in [0.717, 1.165) is 42.9 Å². The van der Waals surface area contributed by atoms with Crippen molar-refractivity contribution in [3.05, 3.63) is 40.7 Å². The first-order valence-electron chi connectivity index (χ1n) is 10.1. The summed E-state index contributed by atoms with van der Waals surface area (Å²) in [6, 6.07) is 5.79. The van der Waals surface area contributed by atoms with Crippen LogP contribution in [0.2, 0.25) is 5.15 Å². The summed E-state index contributed by atoms with van der Waals surface area (Å²) < 4.78 is 38.7. The van der Waals surface area contributed by atoms with Gasteiger partial charge in [0.25, 0.3) is 0 Å². The van der Waals surface area contributed by atoms with Crippen LogP contribution < -0.4 is 10.2 Å². The molecule has 1 atom stereocenters. The second-order valence-electron chi connectivity index (χ2n) is 8.12. The molecule has 2 fully saturated rings. The van der Waals surface area contributed by atoms with Crippen molar-refractivity contribution in [1.29, 1.82) is 0 Å². The van der Waals surface area contributed by atoms with Gasteiger partial charge in [-0.2, -0.15) is 13.2 Å². The Labute approximate surface area is 183 Å². The number of rotatable bonds is 5. The maximum atomic E-state index is 12.9. The molecule has 2 aromatic rings. The molecule has 10 heteroatoms. The van der Waals surface area contributed by atoms with Crippen molar-refractivity contribution < 1.29 is 18.0 Å². The molecule has 2 heterocycles. The molecule has 0 amide bonds. The third-order valence-electron chi connectivity index (χ3n) is 5.83. The predicted molar refractivity (Wildman–Crippen MR) is 113 cm³/mol. The molecular weight excluding hydrogens is 431 g/mol. The number of alkyl halides is 3. The average molecular weight is 454 g/mol. The number of likely N-dealkylation sites (N-methyl/N-ethyl adjacent to an activating group) is 1. The summed E-state index contributed by atoms with van der Waals surface area (Å²) in [4.78, 5) is 23.8. The van der Waals surface area contributed by atoms with Crippen molar-refractivity contribution in [2.45, 2.75) is 37.9 Å². The van der Waals surface area contributed by atoms with Crippen molar-refractivity contribution in [2.24, 2.45) is 0 Å². The number of nitrogens with one attached hydrogen (secondary N) is 1. The van der Waals surface area contributed by atoms with Crippen LogP contribution in [-0.2, 0) is 11.0 Å². The van der Waals surface area contributed by atoms with Gasteiger partial charge in [-0.3, -0.25) is 9.69 Å². The van der Waals surface area contributed by atoms with E-state index >= 15 is 0 Å². The highest BCUT2D eigenvalue weighted by Gasteiger charge is 2.35. The Morgan fingerprint density at radius 3 is 2.61 bits per heavy atom. The number of ketones is 1. The van der Waals surface area contributed by atoms with Crippen LogP contribution >= 0.6 is 11.6 Å². The van der Waals surface area contributed by atoms with Crippen LogP contribution in [0.4, 0.5) is 30.5 Å². The third kappa shape index (κ3) is 4.77. The first kappa shape index (κ1) is 21.8. The molecule has 2 aliphatic rings. The summed E-state index contributed by atoms with van der Waals surface area (Å²) in [5.74, 6) is 0.538. The molecule has 1 aromatic carbocycles. The molecule has 166 valence electrons. The van der Waals surface area contributed by atoms with Crippen LogP contribution in [0, 0.1) is 0 Å². The van der Waals surface area contributed by atoms with Crippen LogP contribution in [0.25, 0.3) is 0 Å². The molecule has 0 spiro atoms. The van der Waals surface area contributed by atoms with Gasteiger partial charge < -0.3 is 10.2 Å². The van der Waals surface area contributed by atoms with Crippen molar-refractivity contribution in [1.82, 2.24) is 14.9 Å². The molecular formula is C21H23ClF3N5O. The zero-order valence-electron chi connectivity index (χ0n) is 17.2. The minimum absolute atomic E-state index is 0.0175. The Hall–Kier alpha value is -2.39. The second-order valence-corrected chi connectivity index (χ2v) is 8.48. The molecule has 1 aliphatic heterocycles. The van der Waals surface area contributed by atoms with Gasteiger partial charge in [0.05, 0.1) is 6.04 Å². The van der Waals surface area contributed by atoms with Crippen molar-refractivity contribution >= 4 is 34.7 Å². The van der Waals surface area contributed by atoms with Crippen molar-refractivity contribution in [2.75, 3.05) is 36.9 Å². The van der Waals surface area contributed by atoms with Gasteiger partial charge in [0.15, 0.2) is 0 Å². The largest absolute Gasteiger partial charge is 0.420 e. The molecule has 1 saturated carbocycles. The van der Waals surface area contributed by atoms with Gasteiger partial charge in [0.1, 0.15) is 16.5 Å². The minimum Gasteiger partial charge on any atom is -0.368 e. The Morgan fingerprint density at radius 2 is 2.00 bits per heavy atom. The SMILES string of the molecule is CC(=O)[C@@H]1CN(c2ccc(Nc3ncc(C(F)(F)F)c(Cl)n3)c(C3CC3)c2)CCN1C. The van der Waals surface area contributed by atoms with E-state index in [2.05, 4.69) is 31.2 Å². The fraction of sp³-hybridized carbons (Fsp3) is 0.476. The highest BCUT2D eigenvalue weighted by atomic mass is 35.5. The number of carbonyl (C=O) groups is 1. The number of carbonyl (C=O) groups excluding carboxylic acids is 1. The van der Waals surface area contributed by atoms with E-state index in [9.17, 15) is 18.0 Å². The summed E-state index contributed by atoms with van der Waals surface area (Å²) >= 11 is 5.72. The summed E-state index contributed by atoms with van der Waals surface area (Å²) in [5, 5.41) is 2.39. The van der Waals surface area contributed by atoms with Gasteiger partial charge in [-0.1, -0.05) is 11.6 Å². The standard InChI is InChI=1S/C21H23ClF3N5O/c1-12(31)18-11-30(8-7-29(18)2)14-5-6-17(15(9-14)13-3-4-13)27-20-26-10-16(19(22)28-20)21(23,24)25/h5-6,9-10,13,18H,3-4,7-8,11H2,1-2H3,(H,26,27,28)/t18-/m0/s1. The molecule has 4 rings (SSSR count). The fourth-order valence-electron chi connectivity index (χ4n) is 3.87. The molecule has 0 unspecified atom stereocenters. The number of hydrogen-bond donors (Lipinski definition) is 1. The molecule has 0 radical (unpaired) electrons. The third-order valence-corrected chi connectivity index (χ3v) is 6.12. The fourth-order valence-corrected chi connectivity index (χ4v) is 4.11. The number of benzene rings is 1. The van der Waals surface area contributed by atoms with Gasteiger partial charge >= 0.3 is 6.18 Å². The van der Waals surface area contributed by atoms with E-state index in [0.29, 0.717) is 18.7 Å². The minimum atomic E-state index is -4.60. The average Bonchev–Trinajstić information content (AvgIpc) is 3.53. The Balaban J connectivity index is 1.58. The lowest BCUT2D eigenvalue weighted by Gasteiger charge is -2.39. The lowest BCUT2D eigenvalue weighted by atomic mass is 10.0. The van der Waals surface area contributed by atoms with Crippen LogP contribution in [0.1, 0.15) is 36.8 Å². The van der Waals surface area contributed by atoms with E-state index in [-0.39, 0.29) is 17.8 Å². The summed E-state index contributed by atoms with van der Waals surface area (Å²) in [5.41, 5.74) is 1.78. The topological polar surface area (TPSA) is 61.4 Å². The highest BCUT2D eigenvalue weighted by Crippen LogP contribution is 2.45. The molecule has 1 aliphatic carbocycles. The Bertz CT molecular complexity index is 995. The normalized spacial score (nSPS) is 20.1. The number of nitrogens with zero attached hydrogens (tertiary/aromatic N) is 4. The number of Topliss-reactive ketones (excluding diaryl/α,β-unsaturated/α-hetero) is 1. The van der Waals surface area contributed by atoms with E-state index < -0.39 is 16.9 Å². The number of hydrogen-bond acceptors (Lipinski definition) is 6. The predicted octanol–water partition coefficient (Wildman–Crippen LogP) is 4.48. The smallest absolute Gasteiger partial charge is 0.368 e. The lowest BCUT2D eigenvalue weighted by molar-refractivity contribution is -0.138. The zero-order valence-corrected chi connectivity index (χ0v) is 18.0. The van der Waals surface area contributed by atoms with E-state index in [1.807, 2.05) is 19.2 Å². The molecule has 31 heavy (non-hydrogen) atoms. The van der Waals surface area contributed by atoms with Crippen LogP contribution in [0.15, 0.2) is 24.4 Å². The number of anilines is 3. The highest BCUT2D eigenvalue weighted by molar-refractivity contribution is 6.30. The number of piperazine rings is 1. The van der Waals surface area contributed by atoms with Gasteiger partial charge in [-0.25, -0.2) is 9.97 Å². The maximum absolute atomic E-state index is 12.9. The number of halogens is 4. The first-order chi connectivity index (χ1) is 14.6. The molecule has 0 bridgehead atoms. The first-order valence-corrected chi connectivity index (χ1v) is 10.5. The van der Waals surface area contributed by atoms with E-state index in [1.54, 1.807) is 6.92 Å². The maximum Gasteiger partial charge on any atom is 0.420 e. The Kier molecular flexibility index (Phi) is 5.83. The van der Waals surface area contributed by atoms with Crippen LogP contribution in [0.5, 0.6) is 0 Å². The number of aromatic nitrogens is 2. The Morgan fingerprint density at radius 1 is 1.26 bits per heavy atom. The van der Waals surface area contributed by atoms with Crippen LogP contribution in [-0.4, -0.2) is 53.4 Å². The molecule has 6 nitrogen and oxygen atoms in total. The van der Waals surface area contributed by atoms with E-state index in [1.165, 1.54) is 0 Å². The van der Waals surface area contributed by atoms with Gasteiger partial charge in [0, 0.05) is 37.2 Å². The van der Waals surface area contributed by atoms with Crippen LogP contribution in [0.3, 0.4) is 0 Å². The van der Waals surface area contributed by atoms with Crippen molar-refractivity contribution in [3.63, 3.8) is 0 Å². The van der Waals surface area contributed by atoms with Gasteiger partial charge in [-0.15, -0.1) is 0 Å². The van der Waals surface area contributed by atoms with E-state index in [4.69, 9.17) is 11.6 Å². The monoisotopic (exact) mass is 453 g/mol. The molecule has 1 saturated heterocycles. The molecule has 1 aromatic heterocycles.